The molecule has 0 atom stereocenters. The van der Waals surface area contributed by atoms with Crippen molar-refractivity contribution >= 4 is 34.8 Å². The molecule has 0 aliphatic heterocycles. The molecule has 0 aliphatic rings. The zero-order valence-electron chi connectivity index (χ0n) is 14.9. The van der Waals surface area contributed by atoms with Gasteiger partial charge in [0, 0.05) is 21.0 Å². The van der Waals surface area contributed by atoms with Crippen molar-refractivity contribution in [3.05, 3.63) is 84.4 Å². The van der Waals surface area contributed by atoms with Crippen LogP contribution < -0.4 is 10.6 Å². The van der Waals surface area contributed by atoms with Crippen LogP contribution in [0.25, 0.3) is 0 Å². The van der Waals surface area contributed by atoms with E-state index in [2.05, 4.69) is 10.6 Å². The summed E-state index contributed by atoms with van der Waals surface area (Å²) in [4.78, 5) is 25.9. The predicted octanol–water partition coefficient (Wildman–Crippen LogP) is 5.09. The van der Waals surface area contributed by atoms with Crippen LogP contribution in [0.2, 0.25) is 0 Å². The van der Waals surface area contributed by atoms with E-state index < -0.39 is 0 Å². The number of nitrogens with one attached hydrogen (secondary N) is 2. The summed E-state index contributed by atoms with van der Waals surface area (Å²) >= 11 is 1.60. The number of carbonyl (C=O) groups is 2. The van der Waals surface area contributed by atoms with E-state index >= 15 is 0 Å². The van der Waals surface area contributed by atoms with Crippen molar-refractivity contribution in [3.8, 4) is 0 Å². The molecule has 0 fully saturated rings. The van der Waals surface area contributed by atoms with E-state index in [1.54, 1.807) is 30.0 Å². The first-order valence-electron chi connectivity index (χ1n) is 8.58. The first-order valence-corrected chi connectivity index (χ1v) is 9.40. The smallest absolute Gasteiger partial charge is 0.243 e. The van der Waals surface area contributed by atoms with E-state index in [0.717, 1.165) is 21.2 Å². The van der Waals surface area contributed by atoms with Crippen molar-refractivity contribution in [3.63, 3.8) is 0 Å². The number of rotatable bonds is 7. The van der Waals surface area contributed by atoms with Crippen molar-refractivity contribution in [2.45, 2.75) is 16.7 Å². The van der Waals surface area contributed by atoms with Crippen LogP contribution in [0.4, 0.5) is 11.4 Å². The molecule has 0 unspecified atom stereocenters. The molecule has 0 saturated heterocycles. The maximum atomic E-state index is 12.4. The highest BCUT2D eigenvalue weighted by Crippen LogP contribution is 2.33. The first kappa shape index (κ1) is 18.7. The normalized spacial score (nSPS) is 10.3. The van der Waals surface area contributed by atoms with Crippen molar-refractivity contribution < 1.29 is 9.59 Å². The lowest BCUT2D eigenvalue weighted by molar-refractivity contribution is -0.114. The van der Waals surface area contributed by atoms with E-state index in [9.17, 15) is 9.59 Å². The molecule has 136 valence electrons. The summed E-state index contributed by atoms with van der Waals surface area (Å²) < 4.78 is 0. The van der Waals surface area contributed by atoms with Crippen LogP contribution in [0.1, 0.15) is 17.3 Å². The Bertz CT molecular complexity index is 942. The van der Waals surface area contributed by atoms with Gasteiger partial charge in [-0.2, -0.15) is 0 Å². The summed E-state index contributed by atoms with van der Waals surface area (Å²) in [6.45, 7) is 1.64. The highest BCUT2D eigenvalue weighted by Gasteiger charge is 2.08. The lowest BCUT2D eigenvalue weighted by atomic mass is 10.1. The Morgan fingerprint density at radius 3 is 2.41 bits per heavy atom. The fourth-order valence-electron chi connectivity index (χ4n) is 2.50. The Hall–Kier alpha value is -3.05. The van der Waals surface area contributed by atoms with E-state index in [0.29, 0.717) is 5.56 Å². The number of para-hydroxylation sites is 1. The van der Waals surface area contributed by atoms with Crippen molar-refractivity contribution in [1.82, 2.24) is 0 Å². The molecular formula is C22H20N2O2S. The van der Waals surface area contributed by atoms with Crippen molar-refractivity contribution in [1.29, 1.82) is 0 Å². The lowest BCUT2D eigenvalue weighted by Gasteiger charge is -2.12. The molecule has 3 aromatic carbocycles. The van der Waals surface area contributed by atoms with Gasteiger partial charge in [0.05, 0.1) is 12.2 Å². The molecule has 2 N–H and O–H groups in total. The average Bonchev–Trinajstić information content (AvgIpc) is 2.69. The van der Waals surface area contributed by atoms with Gasteiger partial charge in [-0.1, -0.05) is 54.2 Å². The summed E-state index contributed by atoms with van der Waals surface area (Å²) in [6, 6.07) is 24.9. The first-order chi connectivity index (χ1) is 13.1. The van der Waals surface area contributed by atoms with Gasteiger partial charge in [0.2, 0.25) is 5.91 Å². The number of Topliss-reactive ketones (excluding diaryl/α,β-unsaturated/α-hetero) is 1. The molecule has 0 heterocycles. The topological polar surface area (TPSA) is 58.2 Å². The Morgan fingerprint density at radius 2 is 1.63 bits per heavy atom. The zero-order chi connectivity index (χ0) is 19.1. The Labute approximate surface area is 163 Å². The summed E-state index contributed by atoms with van der Waals surface area (Å²) in [5, 5.41) is 6.01. The van der Waals surface area contributed by atoms with Gasteiger partial charge in [0.15, 0.2) is 5.78 Å². The van der Waals surface area contributed by atoms with Crippen LogP contribution in [-0.4, -0.2) is 18.2 Å². The quantitative estimate of drug-likeness (QED) is 0.564. The van der Waals surface area contributed by atoms with Gasteiger partial charge in [0.1, 0.15) is 0 Å². The maximum absolute atomic E-state index is 12.4. The number of anilines is 2. The summed E-state index contributed by atoms with van der Waals surface area (Å²) in [5.41, 5.74) is 2.13. The summed E-state index contributed by atoms with van der Waals surface area (Å²) in [5.74, 6) is -0.153. The predicted molar refractivity (Wildman–Crippen MR) is 111 cm³/mol. The number of carbonyl (C=O) groups excluding carboxylic acids is 2. The van der Waals surface area contributed by atoms with Crippen molar-refractivity contribution in [2.75, 3.05) is 17.2 Å². The number of hydrogen-bond donors (Lipinski definition) is 2. The van der Waals surface area contributed by atoms with Gasteiger partial charge >= 0.3 is 0 Å². The fourth-order valence-corrected chi connectivity index (χ4v) is 3.42. The van der Waals surface area contributed by atoms with Crippen molar-refractivity contribution in [2.24, 2.45) is 0 Å². The van der Waals surface area contributed by atoms with E-state index in [4.69, 9.17) is 0 Å². The van der Waals surface area contributed by atoms with Gasteiger partial charge in [-0.15, -0.1) is 0 Å². The highest BCUT2D eigenvalue weighted by molar-refractivity contribution is 7.99. The number of hydrogen-bond acceptors (Lipinski definition) is 4. The maximum Gasteiger partial charge on any atom is 0.243 e. The second-order valence-electron chi connectivity index (χ2n) is 5.95. The zero-order valence-corrected chi connectivity index (χ0v) is 15.8. The third-order valence-electron chi connectivity index (χ3n) is 3.85. The third kappa shape index (κ3) is 5.46. The Morgan fingerprint density at radius 1 is 0.889 bits per heavy atom. The largest absolute Gasteiger partial charge is 0.376 e. The van der Waals surface area contributed by atoms with Crippen LogP contribution in [0.5, 0.6) is 0 Å². The molecule has 3 rings (SSSR count). The molecular weight excluding hydrogens is 356 g/mol. The van der Waals surface area contributed by atoms with Crippen LogP contribution >= 0.6 is 11.8 Å². The van der Waals surface area contributed by atoms with Gasteiger partial charge in [0.25, 0.3) is 0 Å². The minimum absolute atomic E-state index is 0.00466. The SMILES string of the molecule is CC(=O)c1cccc(NCC(=O)Nc2ccccc2Sc2ccccc2)c1. The minimum Gasteiger partial charge on any atom is -0.376 e. The number of amides is 1. The van der Waals surface area contributed by atoms with Crippen LogP contribution in [0, 0.1) is 0 Å². The van der Waals surface area contributed by atoms with E-state index in [-0.39, 0.29) is 18.2 Å². The van der Waals surface area contributed by atoms with Crippen LogP contribution in [0.15, 0.2) is 88.7 Å². The van der Waals surface area contributed by atoms with Gasteiger partial charge in [-0.05, 0) is 43.3 Å². The second kappa shape index (κ2) is 9.05. The second-order valence-corrected chi connectivity index (χ2v) is 7.07. The van der Waals surface area contributed by atoms with Crippen LogP contribution in [-0.2, 0) is 4.79 Å². The number of benzene rings is 3. The molecule has 0 bridgehead atoms. The van der Waals surface area contributed by atoms with E-state index in [1.165, 1.54) is 6.92 Å². The van der Waals surface area contributed by atoms with Gasteiger partial charge in [-0.25, -0.2) is 0 Å². The molecule has 0 saturated carbocycles. The molecule has 4 nitrogen and oxygen atoms in total. The number of ketones is 1. The van der Waals surface area contributed by atoms with Gasteiger partial charge < -0.3 is 10.6 Å². The monoisotopic (exact) mass is 376 g/mol. The summed E-state index contributed by atoms with van der Waals surface area (Å²) in [7, 11) is 0. The van der Waals surface area contributed by atoms with Gasteiger partial charge in [-0.3, -0.25) is 9.59 Å². The molecule has 0 aliphatic carbocycles. The average molecular weight is 376 g/mol. The molecule has 0 aromatic heterocycles. The highest BCUT2D eigenvalue weighted by atomic mass is 32.2. The molecule has 0 spiro atoms. The standard InChI is InChI=1S/C22H20N2O2S/c1-16(25)17-8-7-9-18(14-17)23-15-22(26)24-20-12-5-6-13-21(20)27-19-10-3-2-4-11-19/h2-14,23H,15H2,1H3,(H,24,26). The Balaban J connectivity index is 1.63. The molecule has 27 heavy (non-hydrogen) atoms. The third-order valence-corrected chi connectivity index (χ3v) is 4.94. The van der Waals surface area contributed by atoms with E-state index in [1.807, 2.05) is 60.7 Å². The molecule has 0 radical (unpaired) electrons. The summed E-state index contributed by atoms with van der Waals surface area (Å²) in [6.07, 6.45) is 0. The fraction of sp³-hybridized carbons (Fsp3) is 0.0909. The molecule has 5 heteroatoms. The Kier molecular flexibility index (Phi) is 6.28. The lowest BCUT2D eigenvalue weighted by Crippen LogP contribution is -2.22. The van der Waals surface area contributed by atoms with Crippen LogP contribution in [0.3, 0.4) is 0 Å². The molecule has 1 amide bonds. The molecule has 3 aromatic rings. The minimum atomic E-state index is -0.149.